The first-order valence-electron chi connectivity index (χ1n) is 6.19. The Morgan fingerprint density at radius 2 is 1.95 bits per heavy atom. The SMILES string of the molecule is CNC(CCc1nccn1C)c1cc(Cl)cc(Cl)c1. The summed E-state index contributed by atoms with van der Waals surface area (Å²) in [5, 5.41) is 4.63. The number of rotatable bonds is 5. The summed E-state index contributed by atoms with van der Waals surface area (Å²) in [6.45, 7) is 0. The van der Waals surface area contributed by atoms with Crippen LogP contribution in [0.2, 0.25) is 10.0 Å². The molecule has 0 saturated carbocycles. The maximum absolute atomic E-state index is 6.05. The molecule has 1 heterocycles. The van der Waals surface area contributed by atoms with E-state index in [1.165, 1.54) is 0 Å². The average Bonchev–Trinajstić information content (AvgIpc) is 2.75. The second kappa shape index (κ2) is 6.42. The van der Waals surface area contributed by atoms with Crippen LogP contribution in [0.4, 0.5) is 0 Å². The Kier molecular flexibility index (Phi) is 4.86. The molecular weight excluding hydrogens is 281 g/mol. The molecule has 0 spiro atoms. The molecule has 0 amide bonds. The van der Waals surface area contributed by atoms with Crippen molar-refractivity contribution in [2.45, 2.75) is 18.9 Å². The molecule has 5 heteroatoms. The number of benzene rings is 1. The number of hydrogen-bond donors (Lipinski definition) is 1. The maximum atomic E-state index is 6.05. The maximum Gasteiger partial charge on any atom is 0.108 e. The molecule has 0 aliphatic carbocycles. The van der Waals surface area contributed by atoms with Gasteiger partial charge in [0.1, 0.15) is 5.82 Å². The Morgan fingerprint density at radius 3 is 2.47 bits per heavy atom. The molecule has 1 atom stereocenters. The molecule has 1 unspecified atom stereocenters. The van der Waals surface area contributed by atoms with Crippen molar-refractivity contribution in [1.82, 2.24) is 14.9 Å². The molecule has 0 radical (unpaired) electrons. The highest BCUT2D eigenvalue weighted by molar-refractivity contribution is 6.34. The molecule has 0 aliphatic rings. The zero-order chi connectivity index (χ0) is 13.8. The topological polar surface area (TPSA) is 29.9 Å². The number of nitrogens with one attached hydrogen (secondary N) is 1. The lowest BCUT2D eigenvalue weighted by Crippen LogP contribution is -2.17. The van der Waals surface area contributed by atoms with Crippen LogP contribution in [0.15, 0.2) is 30.6 Å². The van der Waals surface area contributed by atoms with Gasteiger partial charge in [0.25, 0.3) is 0 Å². The lowest BCUT2D eigenvalue weighted by Gasteiger charge is -2.17. The first-order valence-corrected chi connectivity index (χ1v) is 6.95. The molecule has 0 bridgehead atoms. The lowest BCUT2D eigenvalue weighted by atomic mass is 10.0. The van der Waals surface area contributed by atoms with Crippen molar-refractivity contribution in [3.63, 3.8) is 0 Å². The van der Waals surface area contributed by atoms with Crippen molar-refractivity contribution in [2.24, 2.45) is 7.05 Å². The van der Waals surface area contributed by atoms with Gasteiger partial charge in [0, 0.05) is 41.9 Å². The van der Waals surface area contributed by atoms with E-state index in [1.54, 1.807) is 6.07 Å². The van der Waals surface area contributed by atoms with Gasteiger partial charge in [0.2, 0.25) is 0 Å². The summed E-state index contributed by atoms with van der Waals surface area (Å²) in [7, 11) is 3.95. The third kappa shape index (κ3) is 3.72. The molecule has 1 aromatic carbocycles. The Morgan fingerprint density at radius 1 is 1.26 bits per heavy atom. The van der Waals surface area contributed by atoms with Crippen LogP contribution in [0.3, 0.4) is 0 Å². The summed E-state index contributed by atoms with van der Waals surface area (Å²) in [5.74, 6) is 1.08. The van der Waals surface area contributed by atoms with Crippen LogP contribution >= 0.6 is 23.2 Å². The van der Waals surface area contributed by atoms with Gasteiger partial charge in [-0.2, -0.15) is 0 Å². The average molecular weight is 298 g/mol. The Labute approximate surface area is 123 Å². The zero-order valence-electron chi connectivity index (χ0n) is 11.0. The highest BCUT2D eigenvalue weighted by atomic mass is 35.5. The van der Waals surface area contributed by atoms with E-state index in [2.05, 4.69) is 10.3 Å². The van der Waals surface area contributed by atoms with Crippen molar-refractivity contribution in [3.05, 3.63) is 52.0 Å². The number of nitrogens with zero attached hydrogens (tertiary/aromatic N) is 2. The first-order chi connectivity index (χ1) is 9.10. The number of hydrogen-bond acceptors (Lipinski definition) is 2. The van der Waals surface area contributed by atoms with E-state index in [9.17, 15) is 0 Å². The van der Waals surface area contributed by atoms with Gasteiger partial charge in [-0.15, -0.1) is 0 Å². The minimum atomic E-state index is 0.216. The second-order valence-electron chi connectivity index (χ2n) is 4.54. The molecule has 3 nitrogen and oxygen atoms in total. The van der Waals surface area contributed by atoms with Crippen LogP contribution in [0, 0.1) is 0 Å². The lowest BCUT2D eigenvalue weighted by molar-refractivity contribution is 0.536. The zero-order valence-corrected chi connectivity index (χ0v) is 12.5. The molecular formula is C14H17Cl2N3. The fourth-order valence-corrected chi connectivity index (χ4v) is 2.71. The van der Waals surface area contributed by atoms with Crippen LogP contribution < -0.4 is 5.32 Å². The summed E-state index contributed by atoms with van der Waals surface area (Å²) in [5.41, 5.74) is 1.11. The van der Waals surface area contributed by atoms with E-state index in [4.69, 9.17) is 23.2 Å². The summed E-state index contributed by atoms with van der Waals surface area (Å²) in [6, 6.07) is 5.87. The van der Waals surface area contributed by atoms with Crippen molar-refractivity contribution in [3.8, 4) is 0 Å². The van der Waals surface area contributed by atoms with Gasteiger partial charge < -0.3 is 9.88 Å². The molecule has 102 valence electrons. The van der Waals surface area contributed by atoms with E-state index < -0.39 is 0 Å². The summed E-state index contributed by atoms with van der Waals surface area (Å²) >= 11 is 12.1. The van der Waals surface area contributed by atoms with Gasteiger partial charge in [-0.3, -0.25) is 0 Å². The van der Waals surface area contributed by atoms with Gasteiger partial charge in [-0.05, 0) is 37.2 Å². The van der Waals surface area contributed by atoms with Gasteiger partial charge >= 0.3 is 0 Å². The molecule has 19 heavy (non-hydrogen) atoms. The van der Waals surface area contributed by atoms with Crippen molar-refractivity contribution in [2.75, 3.05) is 7.05 Å². The molecule has 1 N–H and O–H groups in total. The smallest absolute Gasteiger partial charge is 0.108 e. The third-order valence-electron chi connectivity index (χ3n) is 3.21. The standard InChI is InChI=1S/C14H17Cl2N3/c1-17-13(3-4-14-18-5-6-19(14)2)10-7-11(15)9-12(16)8-10/h5-9,13,17H,3-4H2,1-2H3. The van der Waals surface area contributed by atoms with Gasteiger partial charge in [0.05, 0.1) is 0 Å². The number of aromatic nitrogens is 2. The first kappa shape index (κ1) is 14.4. The minimum absolute atomic E-state index is 0.216. The van der Waals surface area contributed by atoms with Gasteiger partial charge in [0.15, 0.2) is 0 Å². The quantitative estimate of drug-likeness (QED) is 0.913. The van der Waals surface area contributed by atoms with Crippen molar-refractivity contribution >= 4 is 23.2 Å². The monoisotopic (exact) mass is 297 g/mol. The molecule has 1 aromatic heterocycles. The predicted octanol–water partition coefficient (Wildman–Crippen LogP) is 3.62. The fraction of sp³-hybridized carbons (Fsp3) is 0.357. The van der Waals surface area contributed by atoms with E-state index in [-0.39, 0.29) is 6.04 Å². The Balaban J connectivity index is 2.09. The van der Waals surface area contributed by atoms with Crippen LogP contribution in [0.25, 0.3) is 0 Å². The van der Waals surface area contributed by atoms with Gasteiger partial charge in [-0.1, -0.05) is 23.2 Å². The van der Waals surface area contributed by atoms with Crippen molar-refractivity contribution < 1.29 is 0 Å². The highest BCUT2D eigenvalue weighted by Crippen LogP contribution is 2.25. The predicted molar refractivity (Wildman–Crippen MR) is 79.8 cm³/mol. The normalized spacial score (nSPS) is 12.6. The molecule has 0 saturated heterocycles. The van der Waals surface area contributed by atoms with E-state index in [1.807, 2.05) is 43.2 Å². The van der Waals surface area contributed by atoms with Crippen molar-refractivity contribution in [1.29, 1.82) is 0 Å². The van der Waals surface area contributed by atoms with E-state index in [0.717, 1.165) is 24.2 Å². The van der Waals surface area contributed by atoms with Crippen LogP contribution in [-0.4, -0.2) is 16.6 Å². The minimum Gasteiger partial charge on any atom is -0.338 e. The number of aryl methyl sites for hydroxylation is 2. The highest BCUT2D eigenvalue weighted by Gasteiger charge is 2.12. The van der Waals surface area contributed by atoms with E-state index in [0.29, 0.717) is 10.0 Å². The van der Waals surface area contributed by atoms with Gasteiger partial charge in [-0.25, -0.2) is 4.98 Å². The summed E-state index contributed by atoms with van der Waals surface area (Å²) in [4.78, 5) is 4.33. The number of halogens is 2. The second-order valence-corrected chi connectivity index (χ2v) is 5.41. The summed E-state index contributed by atoms with van der Waals surface area (Å²) < 4.78 is 2.04. The third-order valence-corrected chi connectivity index (χ3v) is 3.65. The van der Waals surface area contributed by atoms with Crippen LogP contribution in [0.1, 0.15) is 23.9 Å². The largest absolute Gasteiger partial charge is 0.338 e. The van der Waals surface area contributed by atoms with Crippen LogP contribution in [-0.2, 0) is 13.5 Å². The molecule has 2 aromatic rings. The Hall–Kier alpha value is -1.03. The Bertz CT molecular complexity index is 531. The molecule has 2 rings (SSSR count). The fourth-order valence-electron chi connectivity index (χ4n) is 2.16. The number of imidazole rings is 1. The summed E-state index contributed by atoms with van der Waals surface area (Å²) in [6.07, 6.45) is 5.62. The van der Waals surface area contributed by atoms with Crippen LogP contribution in [0.5, 0.6) is 0 Å². The van der Waals surface area contributed by atoms with E-state index >= 15 is 0 Å². The molecule has 0 fully saturated rings. The molecule has 0 aliphatic heterocycles.